The fraction of sp³-hybridized carbons (Fsp3) is 0.571. The summed E-state index contributed by atoms with van der Waals surface area (Å²) in [6.45, 7) is 9.17. The fourth-order valence-corrected chi connectivity index (χ4v) is 4.12. The molecule has 0 radical (unpaired) electrons. The summed E-state index contributed by atoms with van der Waals surface area (Å²) in [4.78, 5) is 34.8. The van der Waals surface area contributed by atoms with E-state index in [1.165, 1.54) is 0 Å². The maximum Gasteiger partial charge on any atom is 0.275 e. The van der Waals surface area contributed by atoms with Gasteiger partial charge < -0.3 is 18.9 Å². The predicted octanol–water partition coefficient (Wildman–Crippen LogP) is 2.10. The number of nitrogens with zero attached hydrogens (tertiary/aromatic N) is 4. The summed E-state index contributed by atoms with van der Waals surface area (Å²) in [6, 6.07) is 5.38. The largest absolute Gasteiger partial charge is 0.378 e. The monoisotopic (exact) mass is 384 g/mol. The molecule has 1 unspecified atom stereocenters. The van der Waals surface area contributed by atoms with Gasteiger partial charge in [0.05, 0.1) is 18.7 Å². The second-order valence-corrected chi connectivity index (χ2v) is 8.58. The Hall–Kier alpha value is -2.41. The molecule has 2 saturated heterocycles. The van der Waals surface area contributed by atoms with Gasteiger partial charge in [0.15, 0.2) is 5.69 Å². The highest BCUT2D eigenvalue weighted by atomic mass is 16.5. The highest BCUT2D eigenvalue weighted by Crippen LogP contribution is 2.28. The summed E-state index contributed by atoms with van der Waals surface area (Å²) in [5, 5.41) is 0. The number of carbonyl (C=O) groups is 2. The number of ether oxygens (including phenoxy) is 1. The lowest BCUT2D eigenvalue weighted by atomic mass is 9.96. The molecule has 2 amide bonds. The molecule has 0 aromatic carbocycles. The second kappa shape index (κ2) is 7.20. The molecule has 7 nitrogen and oxygen atoms in total. The minimum absolute atomic E-state index is 0.0358. The van der Waals surface area contributed by atoms with E-state index in [1.54, 1.807) is 4.90 Å². The molecule has 2 aromatic heterocycles. The summed E-state index contributed by atoms with van der Waals surface area (Å²) in [5.41, 5.74) is 1.03. The van der Waals surface area contributed by atoms with Crippen LogP contribution in [0.3, 0.4) is 0 Å². The van der Waals surface area contributed by atoms with Crippen molar-refractivity contribution in [3.8, 4) is 0 Å². The first-order valence-corrected chi connectivity index (χ1v) is 10.0. The molecule has 0 aliphatic carbocycles. The molecule has 150 valence electrons. The number of morpholine rings is 1. The summed E-state index contributed by atoms with van der Waals surface area (Å²) < 4.78 is 7.34. The molecule has 4 heterocycles. The van der Waals surface area contributed by atoms with Crippen molar-refractivity contribution in [1.29, 1.82) is 0 Å². The van der Waals surface area contributed by atoms with Gasteiger partial charge >= 0.3 is 0 Å². The molecular weight excluding hydrogens is 356 g/mol. The van der Waals surface area contributed by atoms with Gasteiger partial charge in [-0.05, 0) is 25.0 Å². The maximum atomic E-state index is 13.5. The zero-order chi connectivity index (χ0) is 19.9. The maximum absolute atomic E-state index is 13.5. The van der Waals surface area contributed by atoms with Crippen LogP contribution in [0, 0.1) is 0 Å². The van der Waals surface area contributed by atoms with Crippen molar-refractivity contribution in [2.75, 3.05) is 32.8 Å². The van der Waals surface area contributed by atoms with E-state index in [9.17, 15) is 9.59 Å². The zero-order valence-corrected chi connectivity index (χ0v) is 16.9. The van der Waals surface area contributed by atoms with E-state index in [1.807, 2.05) is 33.7 Å². The van der Waals surface area contributed by atoms with Crippen molar-refractivity contribution in [3.05, 3.63) is 35.9 Å². The number of hydrogen-bond donors (Lipinski definition) is 0. The quantitative estimate of drug-likeness (QED) is 0.795. The first-order valence-electron chi connectivity index (χ1n) is 10.0. The smallest absolute Gasteiger partial charge is 0.275 e. The van der Waals surface area contributed by atoms with Crippen LogP contribution >= 0.6 is 0 Å². The molecule has 2 fully saturated rings. The molecule has 2 aliphatic rings. The van der Waals surface area contributed by atoms with Crippen LogP contribution in [0.15, 0.2) is 24.4 Å². The van der Waals surface area contributed by atoms with E-state index in [0.29, 0.717) is 45.0 Å². The van der Waals surface area contributed by atoms with E-state index in [-0.39, 0.29) is 17.2 Å². The number of hydrogen-bond acceptors (Lipinski definition) is 4. The van der Waals surface area contributed by atoms with Crippen LogP contribution in [-0.4, -0.2) is 69.9 Å². The predicted molar refractivity (Wildman–Crippen MR) is 105 cm³/mol. The van der Waals surface area contributed by atoms with E-state index < -0.39 is 6.04 Å². The number of amides is 2. The lowest BCUT2D eigenvalue weighted by Crippen LogP contribution is -2.51. The molecule has 7 heteroatoms. The van der Waals surface area contributed by atoms with Crippen molar-refractivity contribution in [1.82, 2.24) is 19.2 Å². The van der Waals surface area contributed by atoms with Crippen molar-refractivity contribution < 1.29 is 14.3 Å². The average molecular weight is 384 g/mol. The number of rotatable bonds is 2. The van der Waals surface area contributed by atoms with Crippen LogP contribution in [0.1, 0.15) is 49.9 Å². The third kappa shape index (κ3) is 3.28. The van der Waals surface area contributed by atoms with Crippen LogP contribution in [0.5, 0.6) is 0 Å². The van der Waals surface area contributed by atoms with E-state index in [0.717, 1.165) is 17.8 Å². The van der Waals surface area contributed by atoms with E-state index in [4.69, 9.17) is 9.72 Å². The number of pyridine rings is 1. The first kappa shape index (κ1) is 18.9. The number of fused-ring (bicyclic) bond motifs is 1. The van der Waals surface area contributed by atoms with Gasteiger partial charge in [0.25, 0.3) is 5.91 Å². The van der Waals surface area contributed by atoms with Gasteiger partial charge in [-0.3, -0.25) is 9.59 Å². The number of likely N-dealkylation sites (tertiary alicyclic amines) is 1. The molecular formula is C21H28N4O3. The SMILES string of the molecule is CC(C)(C)c1nc(C(=O)N2CCCC2C(=O)N2CCOCC2)c2ccccn12. The summed E-state index contributed by atoms with van der Waals surface area (Å²) >= 11 is 0. The minimum atomic E-state index is -0.399. The fourth-order valence-electron chi connectivity index (χ4n) is 4.12. The second-order valence-electron chi connectivity index (χ2n) is 8.58. The van der Waals surface area contributed by atoms with Gasteiger partial charge in [0, 0.05) is 31.2 Å². The van der Waals surface area contributed by atoms with Gasteiger partial charge in [-0.15, -0.1) is 0 Å². The van der Waals surface area contributed by atoms with Gasteiger partial charge in [-0.25, -0.2) is 4.98 Å². The molecule has 28 heavy (non-hydrogen) atoms. The Kier molecular flexibility index (Phi) is 4.87. The minimum Gasteiger partial charge on any atom is -0.378 e. The van der Waals surface area contributed by atoms with Crippen molar-refractivity contribution in [2.24, 2.45) is 0 Å². The Labute approximate surface area is 165 Å². The van der Waals surface area contributed by atoms with E-state index in [2.05, 4.69) is 20.8 Å². The van der Waals surface area contributed by atoms with Gasteiger partial charge in [-0.2, -0.15) is 0 Å². The molecule has 0 saturated carbocycles. The molecule has 2 aromatic rings. The Morgan fingerprint density at radius 1 is 1.14 bits per heavy atom. The Balaban J connectivity index is 1.66. The van der Waals surface area contributed by atoms with Gasteiger partial charge in [0.2, 0.25) is 5.91 Å². The Morgan fingerprint density at radius 2 is 1.89 bits per heavy atom. The first-order chi connectivity index (χ1) is 13.4. The molecule has 2 aliphatic heterocycles. The van der Waals surface area contributed by atoms with Crippen molar-refractivity contribution in [3.63, 3.8) is 0 Å². The van der Waals surface area contributed by atoms with Crippen LogP contribution in [0.4, 0.5) is 0 Å². The highest BCUT2D eigenvalue weighted by Gasteiger charge is 2.39. The highest BCUT2D eigenvalue weighted by molar-refractivity contribution is 6.01. The van der Waals surface area contributed by atoms with E-state index >= 15 is 0 Å². The Bertz CT molecular complexity index is 893. The third-order valence-electron chi connectivity index (χ3n) is 5.54. The summed E-state index contributed by atoms with van der Waals surface area (Å²) in [5.74, 6) is 0.735. The Morgan fingerprint density at radius 3 is 2.61 bits per heavy atom. The van der Waals surface area contributed by atoms with Crippen LogP contribution in [0.2, 0.25) is 0 Å². The topological polar surface area (TPSA) is 67.2 Å². The molecule has 0 spiro atoms. The van der Waals surface area contributed by atoms with Crippen molar-refractivity contribution >= 4 is 17.3 Å². The van der Waals surface area contributed by atoms with Gasteiger partial charge in [-0.1, -0.05) is 26.8 Å². The third-order valence-corrected chi connectivity index (χ3v) is 5.54. The van der Waals surface area contributed by atoms with Crippen LogP contribution in [0.25, 0.3) is 5.52 Å². The van der Waals surface area contributed by atoms with Crippen molar-refractivity contribution in [2.45, 2.75) is 45.1 Å². The molecule has 1 atom stereocenters. The normalized spacial score (nSPS) is 20.8. The number of carbonyl (C=O) groups excluding carboxylic acids is 2. The van der Waals surface area contributed by atoms with Gasteiger partial charge in [0.1, 0.15) is 11.9 Å². The lowest BCUT2D eigenvalue weighted by molar-refractivity contribution is -0.139. The summed E-state index contributed by atoms with van der Waals surface area (Å²) in [7, 11) is 0. The average Bonchev–Trinajstić information content (AvgIpc) is 3.32. The van der Waals surface area contributed by atoms with Crippen LogP contribution in [-0.2, 0) is 14.9 Å². The number of aromatic nitrogens is 2. The zero-order valence-electron chi connectivity index (χ0n) is 16.9. The molecule has 4 rings (SSSR count). The van der Waals surface area contributed by atoms with Crippen LogP contribution < -0.4 is 0 Å². The molecule has 0 N–H and O–H groups in total. The standard InChI is InChI=1S/C21H28N4O3/c1-21(2,3)20-22-17(15-7-4-5-9-25(15)20)19(27)24-10-6-8-16(24)18(26)23-11-13-28-14-12-23/h4-5,7,9,16H,6,8,10-14H2,1-3H3. The summed E-state index contributed by atoms with van der Waals surface area (Å²) in [6.07, 6.45) is 3.49. The lowest BCUT2D eigenvalue weighted by Gasteiger charge is -2.32. The molecule has 0 bridgehead atoms. The number of imidazole rings is 1.